The summed E-state index contributed by atoms with van der Waals surface area (Å²) in [5, 5.41) is 11.3. The summed E-state index contributed by atoms with van der Waals surface area (Å²) in [7, 11) is 0. The average Bonchev–Trinajstić information content (AvgIpc) is 2.23. The van der Waals surface area contributed by atoms with Gasteiger partial charge in [0, 0.05) is 12.8 Å². The van der Waals surface area contributed by atoms with E-state index in [1.54, 1.807) is 0 Å². The predicted molar refractivity (Wildman–Crippen MR) is 61.8 cm³/mol. The lowest BCUT2D eigenvalue weighted by Gasteiger charge is -2.13. The molecule has 0 heterocycles. The molecule has 0 aromatic heterocycles. The van der Waals surface area contributed by atoms with Crippen molar-refractivity contribution in [3.8, 4) is 12.3 Å². The summed E-state index contributed by atoms with van der Waals surface area (Å²) in [5.41, 5.74) is 0. The van der Waals surface area contributed by atoms with Gasteiger partial charge in [0.2, 0.25) is 5.91 Å². The standard InChI is InChI=1S/C12H19NO3/c1-3-5-6-7-9-11(14)13-10(8-4-2)12(15)16/h1,10H,4-9H2,2H3,(H,13,14)(H,15,16)/t10-/m0/s1. The summed E-state index contributed by atoms with van der Waals surface area (Å²) in [5.74, 6) is 1.31. The lowest BCUT2D eigenvalue weighted by Crippen LogP contribution is -2.40. The Balaban J connectivity index is 3.83. The minimum Gasteiger partial charge on any atom is -0.480 e. The molecule has 0 aromatic carbocycles. The van der Waals surface area contributed by atoms with Crippen LogP contribution in [0.5, 0.6) is 0 Å². The minimum absolute atomic E-state index is 0.210. The van der Waals surface area contributed by atoms with Crippen LogP contribution in [0.2, 0.25) is 0 Å². The molecule has 4 heteroatoms. The van der Waals surface area contributed by atoms with Crippen LogP contribution in [0.3, 0.4) is 0 Å². The fourth-order valence-electron chi connectivity index (χ4n) is 1.33. The maximum Gasteiger partial charge on any atom is 0.326 e. The van der Waals surface area contributed by atoms with Crippen LogP contribution in [0.15, 0.2) is 0 Å². The van der Waals surface area contributed by atoms with Gasteiger partial charge in [0.05, 0.1) is 0 Å². The van der Waals surface area contributed by atoms with Crippen LogP contribution in [-0.2, 0) is 9.59 Å². The van der Waals surface area contributed by atoms with Gasteiger partial charge in [-0.1, -0.05) is 13.3 Å². The van der Waals surface area contributed by atoms with Crippen LogP contribution in [-0.4, -0.2) is 23.0 Å². The van der Waals surface area contributed by atoms with Crippen LogP contribution < -0.4 is 5.32 Å². The third-order valence-corrected chi connectivity index (χ3v) is 2.19. The molecule has 0 rings (SSSR count). The van der Waals surface area contributed by atoms with E-state index in [0.29, 0.717) is 25.7 Å². The number of carbonyl (C=O) groups is 2. The first-order valence-corrected chi connectivity index (χ1v) is 5.57. The average molecular weight is 225 g/mol. The zero-order valence-corrected chi connectivity index (χ0v) is 9.66. The Labute approximate surface area is 96.4 Å². The van der Waals surface area contributed by atoms with Gasteiger partial charge in [0.15, 0.2) is 0 Å². The van der Waals surface area contributed by atoms with Gasteiger partial charge in [-0.3, -0.25) is 4.79 Å². The molecule has 0 radical (unpaired) electrons. The minimum atomic E-state index is -0.973. The third kappa shape index (κ3) is 6.88. The van der Waals surface area contributed by atoms with Gasteiger partial charge in [-0.15, -0.1) is 12.3 Å². The largest absolute Gasteiger partial charge is 0.480 e. The highest BCUT2D eigenvalue weighted by Crippen LogP contribution is 2.01. The maximum atomic E-state index is 11.4. The number of terminal acetylenes is 1. The Morgan fingerprint density at radius 1 is 1.44 bits per heavy atom. The Kier molecular flexibility index (Phi) is 7.96. The first kappa shape index (κ1) is 14.5. The number of nitrogens with one attached hydrogen (secondary N) is 1. The highest BCUT2D eigenvalue weighted by Gasteiger charge is 2.17. The van der Waals surface area contributed by atoms with E-state index in [1.165, 1.54) is 0 Å². The van der Waals surface area contributed by atoms with E-state index < -0.39 is 12.0 Å². The second-order valence-electron chi connectivity index (χ2n) is 3.66. The summed E-state index contributed by atoms with van der Waals surface area (Å²) in [4.78, 5) is 22.1. The van der Waals surface area contributed by atoms with Crippen molar-refractivity contribution in [2.75, 3.05) is 0 Å². The van der Waals surface area contributed by atoms with Crippen molar-refractivity contribution in [1.82, 2.24) is 5.32 Å². The normalized spacial score (nSPS) is 11.5. The van der Waals surface area contributed by atoms with E-state index in [0.717, 1.165) is 12.8 Å². The van der Waals surface area contributed by atoms with Gasteiger partial charge in [-0.25, -0.2) is 4.79 Å². The van der Waals surface area contributed by atoms with Crippen LogP contribution in [0.4, 0.5) is 0 Å². The van der Waals surface area contributed by atoms with E-state index in [2.05, 4.69) is 11.2 Å². The molecule has 0 aliphatic rings. The van der Waals surface area contributed by atoms with Crippen LogP contribution in [0.1, 0.15) is 45.4 Å². The number of carboxylic acid groups (broad SMARTS) is 1. The van der Waals surface area contributed by atoms with Crippen LogP contribution in [0, 0.1) is 12.3 Å². The molecular weight excluding hydrogens is 206 g/mol. The molecule has 0 aliphatic carbocycles. The van der Waals surface area contributed by atoms with Gasteiger partial charge in [0.25, 0.3) is 0 Å². The number of aliphatic carboxylic acids is 1. The number of carbonyl (C=O) groups excluding carboxylic acids is 1. The highest BCUT2D eigenvalue weighted by atomic mass is 16.4. The molecule has 4 nitrogen and oxygen atoms in total. The van der Waals surface area contributed by atoms with E-state index in [1.807, 2.05) is 6.92 Å². The molecule has 0 fully saturated rings. The second-order valence-corrected chi connectivity index (χ2v) is 3.66. The van der Waals surface area contributed by atoms with Crippen LogP contribution >= 0.6 is 0 Å². The Hall–Kier alpha value is -1.50. The number of unbranched alkanes of at least 4 members (excludes halogenated alkanes) is 2. The Bertz CT molecular complexity index is 268. The smallest absolute Gasteiger partial charge is 0.326 e. The predicted octanol–water partition coefficient (Wildman–Crippen LogP) is 1.55. The lowest BCUT2D eigenvalue weighted by molar-refractivity contribution is -0.142. The topological polar surface area (TPSA) is 66.4 Å². The number of amides is 1. The molecule has 0 aliphatic heterocycles. The molecule has 0 saturated carbocycles. The SMILES string of the molecule is C#CCCCCC(=O)N[C@@H](CCC)C(=O)O. The third-order valence-electron chi connectivity index (χ3n) is 2.19. The zero-order chi connectivity index (χ0) is 12.4. The molecule has 0 saturated heterocycles. The summed E-state index contributed by atoms with van der Waals surface area (Å²) in [6, 6.07) is -0.759. The van der Waals surface area contributed by atoms with E-state index in [9.17, 15) is 9.59 Å². The van der Waals surface area contributed by atoms with Gasteiger partial charge in [0.1, 0.15) is 6.04 Å². The number of hydrogen-bond acceptors (Lipinski definition) is 2. The van der Waals surface area contributed by atoms with Crippen molar-refractivity contribution in [3.63, 3.8) is 0 Å². The van der Waals surface area contributed by atoms with Crippen molar-refractivity contribution in [2.24, 2.45) is 0 Å². The summed E-state index contributed by atoms with van der Waals surface area (Å²) in [6.45, 7) is 1.88. The molecular formula is C12H19NO3. The van der Waals surface area contributed by atoms with Crippen LogP contribution in [0.25, 0.3) is 0 Å². The number of rotatable bonds is 8. The lowest BCUT2D eigenvalue weighted by atomic mass is 10.1. The Morgan fingerprint density at radius 2 is 2.12 bits per heavy atom. The fraction of sp³-hybridized carbons (Fsp3) is 0.667. The van der Waals surface area contributed by atoms with Crippen molar-refractivity contribution in [1.29, 1.82) is 0 Å². The highest BCUT2D eigenvalue weighted by molar-refractivity contribution is 5.83. The summed E-state index contributed by atoms with van der Waals surface area (Å²) < 4.78 is 0. The quantitative estimate of drug-likeness (QED) is 0.486. The zero-order valence-electron chi connectivity index (χ0n) is 9.66. The maximum absolute atomic E-state index is 11.4. The van der Waals surface area contributed by atoms with Gasteiger partial charge < -0.3 is 10.4 Å². The molecule has 90 valence electrons. The summed E-state index contributed by atoms with van der Waals surface area (Å²) in [6.07, 6.45) is 8.78. The number of carboxylic acids is 1. The van der Waals surface area contributed by atoms with Crippen molar-refractivity contribution in [2.45, 2.75) is 51.5 Å². The molecule has 1 amide bonds. The molecule has 0 unspecified atom stereocenters. The molecule has 0 bridgehead atoms. The molecule has 0 spiro atoms. The molecule has 1 atom stereocenters. The first-order chi connectivity index (χ1) is 7.61. The van der Waals surface area contributed by atoms with Crippen molar-refractivity contribution in [3.05, 3.63) is 0 Å². The second kappa shape index (κ2) is 8.78. The first-order valence-electron chi connectivity index (χ1n) is 5.57. The van der Waals surface area contributed by atoms with Gasteiger partial charge >= 0.3 is 5.97 Å². The molecule has 16 heavy (non-hydrogen) atoms. The molecule has 2 N–H and O–H groups in total. The van der Waals surface area contributed by atoms with Gasteiger partial charge in [-0.2, -0.15) is 0 Å². The van der Waals surface area contributed by atoms with E-state index in [-0.39, 0.29) is 5.91 Å². The van der Waals surface area contributed by atoms with Crippen molar-refractivity contribution >= 4 is 11.9 Å². The van der Waals surface area contributed by atoms with E-state index >= 15 is 0 Å². The van der Waals surface area contributed by atoms with Gasteiger partial charge in [-0.05, 0) is 19.3 Å². The van der Waals surface area contributed by atoms with E-state index in [4.69, 9.17) is 11.5 Å². The molecule has 0 aromatic rings. The Morgan fingerprint density at radius 3 is 2.62 bits per heavy atom. The van der Waals surface area contributed by atoms with Crippen molar-refractivity contribution < 1.29 is 14.7 Å². The monoisotopic (exact) mass is 225 g/mol. The number of hydrogen-bond donors (Lipinski definition) is 2. The summed E-state index contributed by atoms with van der Waals surface area (Å²) >= 11 is 0. The fourth-order valence-corrected chi connectivity index (χ4v) is 1.33.